The van der Waals surface area contributed by atoms with Gasteiger partial charge in [-0.25, -0.2) is 0 Å². The molecule has 0 unspecified atom stereocenters. The van der Waals surface area contributed by atoms with Crippen LogP contribution in [0.15, 0.2) is 48.5 Å². The number of anilines is 1. The van der Waals surface area contributed by atoms with Crippen molar-refractivity contribution in [3.8, 4) is 0 Å². The first-order valence-electron chi connectivity index (χ1n) is 7.82. The zero-order valence-electron chi connectivity index (χ0n) is 13.5. The van der Waals surface area contributed by atoms with Gasteiger partial charge in [-0.15, -0.1) is 0 Å². The SMILES string of the molecule is CCc1ccc(C(=O)CCC(=O)Nc2ccccc2C(N)=O)cc1. The molecular formula is C19H20N2O3. The molecule has 2 rings (SSSR count). The number of Topliss-reactive ketones (excluding diaryl/α,β-unsaturated/α-hetero) is 1. The third kappa shape index (κ3) is 4.52. The minimum Gasteiger partial charge on any atom is -0.366 e. The number of nitrogens with one attached hydrogen (secondary N) is 1. The lowest BCUT2D eigenvalue weighted by Crippen LogP contribution is -2.18. The first-order valence-corrected chi connectivity index (χ1v) is 7.82. The summed E-state index contributed by atoms with van der Waals surface area (Å²) in [7, 11) is 0. The summed E-state index contributed by atoms with van der Waals surface area (Å²) in [4.78, 5) is 35.5. The highest BCUT2D eigenvalue weighted by Gasteiger charge is 2.12. The topological polar surface area (TPSA) is 89.3 Å². The summed E-state index contributed by atoms with van der Waals surface area (Å²) < 4.78 is 0. The van der Waals surface area contributed by atoms with Crippen molar-refractivity contribution in [1.82, 2.24) is 0 Å². The zero-order chi connectivity index (χ0) is 17.5. The van der Waals surface area contributed by atoms with Gasteiger partial charge in [-0.2, -0.15) is 0 Å². The van der Waals surface area contributed by atoms with Crippen LogP contribution >= 0.6 is 0 Å². The van der Waals surface area contributed by atoms with Crippen molar-refractivity contribution in [2.45, 2.75) is 26.2 Å². The summed E-state index contributed by atoms with van der Waals surface area (Å²) in [6, 6.07) is 13.9. The van der Waals surface area contributed by atoms with E-state index in [-0.39, 0.29) is 30.1 Å². The van der Waals surface area contributed by atoms with E-state index in [1.807, 2.05) is 19.1 Å². The maximum atomic E-state index is 12.1. The number of carbonyl (C=O) groups is 3. The van der Waals surface area contributed by atoms with Crippen molar-refractivity contribution >= 4 is 23.3 Å². The van der Waals surface area contributed by atoms with Gasteiger partial charge < -0.3 is 11.1 Å². The normalized spacial score (nSPS) is 10.2. The molecule has 0 bridgehead atoms. The predicted molar refractivity (Wildman–Crippen MR) is 93.0 cm³/mol. The third-order valence-corrected chi connectivity index (χ3v) is 3.73. The van der Waals surface area contributed by atoms with E-state index in [4.69, 9.17) is 5.73 Å². The number of aryl methyl sites for hydroxylation is 1. The van der Waals surface area contributed by atoms with Gasteiger partial charge in [-0.05, 0) is 24.1 Å². The van der Waals surface area contributed by atoms with Gasteiger partial charge in [0, 0.05) is 18.4 Å². The molecule has 0 atom stereocenters. The van der Waals surface area contributed by atoms with Crippen LogP contribution in [0.25, 0.3) is 0 Å². The summed E-state index contributed by atoms with van der Waals surface area (Å²) in [6.07, 6.45) is 1.06. The molecule has 0 aliphatic rings. The molecule has 124 valence electrons. The van der Waals surface area contributed by atoms with Crippen LogP contribution in [0, 0.1) is 0 Å². The standard InChI is InChI=1S/C19H20N2O3/c1-2-13-7-9-14(10-8-13)17(22)11-12-18(23)21-16-6-4-3-5-15(16)19(20)24/h3-10H,2,11-12H2,1H3,(H2,20,24)(H,21,23). The van der Waals surface area contributed by atoms with Crippen LogP contribution < -0.4 is 11.1 Å². The Morgan fingerprint density at radius 1 is 0.958 bits per heavy atom. The second-order valence-electron chi connectivity index (χ2n) is 5.43. The number of primary amides is 1. The number of carbonyl (C=O) groups excluding carboxylic acids is 3. The van der Waals surface area contributed by atoms with Crippen molar-refractivity contribution < 1.29 is 14.4 Å². The van der Waals surface area contributed by atoms with Crippen LogP contribution in [0.5, 0.6) is 0 Å². The van der Waals surface area contributed by atoms with Crippen LogP contribution in [0.4, 0.5) is 5.69 Å². The second kappa shape index (κ2) is 8.06. The Kier molecular flexibility index (Phi) is 5.84. The Morgan fingerprint density at radius 2 is 1.62 bits per heavy atom. The summed E-state index contributed by atoms with van der Waals surface area (Å²) in [5.41, 5.74) is 7.62. The first-order chi connectivity index (χ1) is 11.5. The summed E-state index contributed by atoms with van der Waals surface area (Å²) in [5, 5.41) is 2.62. The van der Waals surface area contributed by atoms with Crippen molar-refractivity contribution in [1.29, 1.82) is 0 Å². The molecule has 2 aromatic rings. The first kappa shape index (κ1) is 17.4. The number of rotatable bonds is 7. The molecule has 0 saturated carbocycles. The lowest BCUT2D eigenvalue weighted by Gasteiger charge is -2.08. The van der Waals surface area contributed by atoms with Gasteiger partial charge in [0.25, 0.3) is 5.91 Å². The summed E-state index contributed by atoms with van der Waals surface area (Å²) >= 11 is 0. The number of nitrogens with two attached hydrogens (primary N) is 1. The summed E-state index contributed by atoms with van der Waals surface area (Å²) in [6.45, 7) is 2.05. The molecule has 0 aliphatic carbocycles. The Hall–Kier alpha value is -2.95. The highest BCUT2D eigenvalue weighted by molar-refractivity contribution is 6.04. The Balaban J connectivity index is 1.93. The van der Waals surface area contributed by atoms with E-state index < -0.39 is 5.91 Å². The lowest BCUT2D eigenvalue weighted by molar-refractivity contribution is -0.116. The average Bonchev–Trinajstić information content (AvgIpc) is 2.60. The smallest absolute Gasteiger partial charge is 0.250 e. The van der Waals surface area contributed by atoms with Crippen molar-refractivity contribution in [2.24, 2.45) is 5.73 Å². The molecule has 24 heavy (non-hydrogen) atoms. The molecule has 5 nitrogen and oxygen atoms in total. The quantitative estimate of drug-likeness (QED) is 0.767. The molecule has 0 radical (unpaired) electrons. The number of ketones is 1. The summed E-state index contributed by atoms with van der Waals surface area (Å²) in [5.74, 6) is -1.03. The van der Waals surface area contributed by atoms with E-state index in [1.54, 1.807) is 36.4 Å². The molecule has 0 heterocycles. The van der Waals surface area contributed by atoms with E-state index in [0.29, 0.717) is 11.3 Å². The largest absolute Gasteiger partial charge is 0.366 e. The lowest BCUT2D eigenvalue weighted by atomic mass is 10.0. The minimum absolute atomic E-state index is 0.0431. The van der Waals surface area contributed by atoms with Crippen LogP contribution in [-0.2, 0) is 11.2 Å². The van der Waals surface area contributed by atoms with Gasteiger partial charge in [0.05, 0.1) is 11.3 Å². The fourth-order valence-electron chi connectivity index (χ4n) is 2.32. The Morgan fingerprint density at radius 3 is 2.25 bits per heavy atom. The monoisotopic (exact) mass is 324 g/mol. The van der Waals surface area contributed by atoms with Gasteiger partial charge >= 0.3 is 0 Å². The molecule has 5 heteroatoms. The molecule has 3 N–H and O–H groups in total. The molecule has 0 spiro atoms. The van der Waals surface area contributed by atoms with E-state index in [9.17, 15) is 14.4 Å². The number of benzene rings is 2. The molecule has 0 fully saturated rings. The van der Waals surface area contributed by atoms with Gasteiger partial charge in [-0.1, -0.05) is 43.3 Å². The fourth-order valence-corrected chi connectivity index (χ4v) is 2.32. The predicted octanol–water partition coefficient (Wildman–Crippen LogP) is 2.95. The van der Waals surface area contributed by atoms with Gasteiger partial charge in [0.15, 0.2) is 5.78 Å². The zero-order valence-corrected chi connectivity index (χ0v) is 13.5. The van der Waals surface area contributed by atoms with Gasteiger partial charge in [0.1, 0.15) is 0 Å². The van der Waals surface area contributed by atoms with E-state index in [0.717, 1.165) is 12.0 Å². The highest BCUT2D eigenvalue weighted by atomic mass is 16.2. The number of para-hydroxylation sites is 1. The Labute approximate surface area is 140 Å². The van der Waals surface area contributed by atoms with E-state index in [1.165, 1.54) is 0 Å². The molecule has 0 aliphatic heterocycles. The number of hydrogen-bond donors (Lipinski definition) is 2. The third-order valence-electron chi connectivity index (χ3n) is 3.73. The molecule has 2 aromatic carbocycles. The number of amides is 2. The van der Waals surface area contributed by atoms with Crippen molar-refractivity contribution in [3.05, 3.63) is 65.2 Å². The van der Waals surface area contributed by atoms with Crippen LogP contribution in [0.2, 0.25) is 0 Å². The second-order valence-corrected chi connectivity index (χ2v) is 5.43. The maximum absolute atomic E-state index is 12.1. The van der Waals surface area contributed by atoms with E-state index >= 15 is 0 Å². The van der Waals surface area contributed by atoms with Crippen molar-refractivity contribution in [2.75, 3.05) is 5.32 Å². The fraction of sp³-hybridized carbons (Fsp3) is 0.211. The molecule has 0 aromatic heterocycles. The van der Waals surface area contributed by atoms with Gasteiger partial charge in [-0.3, -0.25) is 14.4 Å². The molecule has 2 amide bonds. The Bertz CT molecular complexity index is 751. The number of hydrogen-bond acceptors (Lipinski definition) is 3. The average molecular weight is 324 g/mol. The maximum Gasteiger partial charge on any atom is 0.250 e. The highest BCUT2D eigenvalue weighted by Crippen LogP contribution is 2.15. The minimum atomic E-state index is -0.613. The van der Waals surface area contributed by atoms with Crippen LogP contribution in [-0.4, -0.2) is 17.6 Å². The van der Waals surface area contributed by atoms with Gasteiger partial charge in [0.2, 0.25) is 5.91 Å². The van der Waals surface area contributed by atoms with Crippen LogP contribution in [0.3, 0.4) is 0 Å². The molecule has 0 saturated heterocycles. The van der Waals surface area contributed by atoms with E-state index in [2.05, 4.69) is 5.32 Å². The van der Waals surface area contributed by atoms with Crippen molar-refractivity contribution in [3.63, 3.8) is 0 Å². The molecular weight excluding hydrogens is 304 g/mol. The van der Waals surface area contributed by atoms with Crippen LogP contribution in [0.1, 0.15) is 46.0 Å².